The summed E-state index contributed by atoms with van der Waals surface area (Å²) < 4.78 is 19.9. The van der Waals surface area contributed by atoms with E-state index in [4.69, 9.17) is 16.3 Å². The maximum atomic E-state index is 13.8. The van der Waals surface area contributed by atoms with Crippen molar-refractivity contribution >= 4 is 34.2 Å². The largest absolute Gasteiger partial charge is 0.494 e. The number of likely N-dealkylation sites (N-methyl/N-ethyl adjacent to an activating group) is 1. The Hall–Kier alpha value is -0.850. The summed E-state index contributed by atoms with van der Waals surface area (Å²) >= 11 is 8.36. The minimum atomic E-state index is -0.342. The van der Waals surface area contributed by atoms with Crippen molar-refractivity contribution < 1.29 is 9.13 Å². The zero-order chi connectivity index (χ0) is 15.4. The molecule has 0 spiro atoms. The molecule has 0 saturated carbocycles. The van der Waals surface area contributed by atoms with Crippen molar-refractivity contribution in [2.45, 2.75) is 12.5 Å². The number of nitrogens with one attached hydrogen (secondary N) is 1. The first-order chi connectivity index (χ1) is 10.0. The molecule has 0 amide bonds. The highest BCUT2D eigenvalue weighted by Crippen LogP contribution is 2.27. The van der Waals surface area contributed by atoms with Crippen molar-refractivity contribution in [1.82, 2.24) is 5.32 Å². The molecule has 0 radical (unpaired) electrons. The van der Waals surface area contributed by atoms with Crippen LogP contribution in [0, 0.1) is 9.39 Å². The highest BCUT2D eigenvalue weighted by atomic mass is 127. The van der Waals surface area contributed by atoms with E-state index >= 15 is 0 Å². The average Bonchev–Trinajstić information content (AvgIpc) is 2.47. The summed E-state index contributed by atoms with van der Waals surface area (Å²) in [4.78, 5) is 0. The van der Waals surface area contributed by atoms with Gasteiger partial charge in [-0.15, -0.1) is 0 Å². The highest BCUT2D eigenvalue weighted by Gasteiger charge is 2.15. The van der Waals surface area contributed by atoms with Gasteiger partial charge >= 0.3 is 0 Å². The van der Waals surface area contributed by atoms with Crippen LogP contribution in [-0.2, 0) is 6.42 Å². The maximum Gasteiger partial charge on any atom is 0.165 e. The zero-order valence-electron chi connectivity index (χ0n) is 11.8. The standard InChI is InChI=1S/C16H16ClFINO/c1-20-15(12-9-11(17)4-5-14(12)19)8-10-3-6-16(21-2)13(18)7-10/h3-7,9,15,20H,8H2,1-2H3. The van der Waals surface area contributed by atoms with Crippen LogP contribution in [-0.4, -0.2) is 14.2 Å². The molecule has 0 aliphatic rings. The van der Waals surface area contributed by atoms with Crippen LogP contribution in [0.3, 0.4) is 0 Å². The summed E-state index contributed by atoms with van der Waals surface area (Å²) in [7, 11) is 3.35. The van der Waals surface area contributed by atoms with Gasteiger partial charge < -0.3 is 10.1 Å². The van der Waals surface area contributed by atoms with Crippen LogP contribution in [0.25, 0.3) is 0 Å². The molecule has 5 heteroatoms. The van der Waals surface area contributed by atoms with Gasteiger partial charge in [0.1, 0.15) is 0 Å². The van der Waals surface area contributed by atoms with Crippen LogP contribution < -0.4 is 10.1 Å². The van der Waals surface area contributed by atoms with Gasteiger partial charge in [0.2, 0.25) is 0 Å². The first-order valence-corrected chi connectivity index (χ1v) is 7.95. The second kappa shape index (κ2) is 7.42. The monoisotopic (exact) mass is 419 g/mol. The number of halogens is 3. The molecule has 1 unspecified atom stereocenters. The number of hydrogen-bond donors (Lipinski definition) is 1. The minimum absolute atomic E-state index is 0.0726. The second-order valence-corrected chi connectivity index (χ2v) is 6.28. The normalized spacial score (nSPS) is 12.2. The van der Waals surface area contributed by atoms with Gasteiger partial charge in [0.15, 0.2) is 11.6 Å². The van der Waals surface area contributed by atoms with Gasteiger partial charge in [0.05, 0.1) is 7.11 Å². The number of methoxy groups -OCH3 is 1. The Labute approximate surface area is 142 Å². The summed E-state index contributed by atoms with van der Waals surface area (Å²) in [6, 6.07) is 10.9. The molecule has 0 heterocycles. The van der Waals surface area contributed by atoms with Crippen LogP contribution in [0.5, 0.6) is 5.75 Å². The number of rotatable bonds is 5. The van der Waals surface area contributed by atoms with Crippen LogP contribution in [0.4, 0.5) is 4.39 Å². The summed E-state index contributed by atoms with van der Waals surface area (Å²) in [6.07, 6.45) is 0.674. The Balaban J connectivity index is 2.26. The molecule has 0 aliphatic carbocycles. The highest BCUT2D eigenvalue weighted by molar-refractivity contribution is 14.1. The molecular weight excluding hydrogens is 404 g/mol. The molecule has 112 valence electrons. The van der Waals surface area contributed by atoms with Gasteiger partial charge in [-0.25, -0.2) is 4.39 Å². The topological polar surface area (TPSA) is 21.3 Å². The van der Waals surface area contributed by atoms with E-state index in [-0.39, 0.29) is 17.6 Å². The Kier molecular flexibility index (Phi) is 5.84. The van der Waals surface area contributed by atoms with Crippen LogP contribution in [0.1, 0.15) is 17.2 Å². The summed E-state index contributed by atoms with van der Waals surface area (Å²) in [5.41, 5.74) is 2.02. The zero-order valence-corrected chi connectivity index (χ0v) is 14.7. The molecule has 0 saturated heterocycles. The molecule has 0 aromatic heterocycles. The van der Waals surface area contributed by atoms with Gasteiger partial charge in [0.25, 0.3) is 0 Å². The third-order valence-electron chi connectivity index (χ3n) is 3.34. The minimum Gasteiger partial charge on any atom is -0.494 e. The Morgan fingerprint density at radius 2 is 2.05 bits per heavy atom. The van der Waals surface area contributed by atoms with Gasteiger partial charge in [-0.1, -0.05) is 17.7 Å². The molecule has 2 aromatic carbocycles. The van der Waals surface area contributed by atoms with E-state index in [1.165, 1.54) is 13.2 Å². The third kappa shape index (κ3) is 4.08. The van der Waals surface area contributed by atoms with Crippen molar-refractivity contribution in [3.8, 4) is 5.75 Å². The predicted octanol–water partition coefficient (Wildman–Crippen LogP) is 4.60. The summed E-state index contributed by atoms with van der Waals surface area (Å²) in [5, 5.41) is 3.97. The van der Waals surface area contributed by atoms with E-state index in [1.54, 1.807) is 6.07 Å². The molecule has 1 atom stereocenters. The number of ether oxygens (including phenoxy) is 1. The van der Waals surface area contributed by atoms with Gasteiger partial charge in [-0.05, 0) is 77.5 Å². The molecule has 2 aromatic rings. The van der Waals surface area contributed by atoms with Crippen molar-refractivity contribution in [2.24, 2.45) is 0 Å². The predicted molar refractivity (Wildman–Crippen MR) is 92.6 cm³/mol. The van der Waals surface area contributed by atoms with E-state index in [0.717, 1.165) is 14.7 Å². The molecule has 0 bridgehead atoms. The fourth-order valence-electron chi connectivity index (χ4n) is 2.22. The average molecular weight is 420 g/mol. The first kappa shape index (κ1) is 16.5. The van der Waals surface area contributed by atoms with E-state index < -0.39 is 0 Å². The molecule has 1 N–H and O–H groups in total. The van der Waals surface area contributed by atoms with Gasteiger partial charge in [-0.3, -0.25) is 0 Å². The van der Waals surface area contributed by atoms with Crippen LogP contribution in [0.15, 0.2) is 36.4 Å². The van der Waals surface area contributed by atoms with Crippen LogP contribution in [0.2, 0.25) is 5.02 Å². The molecule has 2 nitrogen and oxygen atoms in total. The number of hydrogen-bond acceptors (Lipinski definition) is 2. The van der Waals surface area contributed by atoms with Crippen molar-refractivity contribution in [3.63, 3.8) is 0 Å². The lowest BCUT2D eigenvalue weighted by atomic mass is 9.99. The lowest BCUT2D eigenvalue weighted by molar-refractivity contribution is 0.386. The molecular formula is C16H16ClFINO. The smallest absolute Gasteiger partial charge is 0.165 e. The lowest BCUT2D eigenvalue weighted by Crippen LogP contribution is -2.20. The van der Waals surface area contributed by atoms with Crippen molar-refractivity contribution in [2.75, 3.05) is 14.2 Å². The molecule has 0 aliphatic heterocycles. The van der Waals surface area contributed by atoms with E-state index in [2.05, 4.69) is 27.9 Å². The summed E-state index contributed by atoms with van der Waals surface area (Å²) in [5.74, 6) is -0.0808. The molecule has 0 fully saturated rings. The van der Waals surface area contributed by atoms with E-state index in [0.29, 0.717) is 11.4 Å². The van der Waals surface area contributed by atoms with Crippen LogP contribution >= 0.6 is 34.2 Å². The van der Waals surface area contributed by atoms with Gasteiger partial charge in [0, 0.05) is 14.6 Å². The van der Waals surface area contributed by atoms with E-state index in [9.17, 15) is 4.39 Å². The number of benzene rings is 2. The third-order valence-corrected chi connectivity index (χ3v) is 4.56. The fourth-order valence-corrected chi connectivity index (χ4v) is 3.11. The van der Waals surface area contributed by atoms with Crippen molar-refractivity contribution in [3.05, 3.63) is 61.9 Å². The molecule has 2 rings (SSSR count). The Morgan fingerprint density at radius 3 is 2.67 bits per heavy atom. The van der Waals surface area contributed by atoms with Crippen molar-refractivity contribution in [1.29, 1.82) is 0 Å². The second-order valence-electron chi connectivity index (χ2n) is 4.68. The first-order valence-electron chi connectivity index (χ1n) is 6.49. The summed E-state index contributed by atoms with van der Waals surface area (Å²) in [6.45, 7) is 0. The van der Waals surface area contributed by atoms with E-state index in [1.807, 2.05) is 31.3 Å². The Morgan fingerprint density at radius 1 is 1.29 bits per heavy atom. The van der Waals surface area contributed by atoms with Gasteiger partial charge in [-0.2, -0.15) is 0 Å². The Bertz CT molecular complexity index is 636. The molecule has 21 heavy (non-hydrogen) atoms. The quantitative estimate of drug-likeness (QED) is 0.716. The lowest BCUT2D eigenvalue weighted by Gasteiger charge is -2.19. The fraction of sp³-hybridized carbons (Fsp3) is 0.250. The SMILES string of the molecule is CNC(Cc1ccc(OC)c(F)c1)c1cc(Cl)ccc1I. The maximum absolute atomic E-state index is 13.8.